The molecule has 2 amide bonds. The Labute approximate surface area is 265 Å². The quantitative estimate of drug-likeness (QED) is 0.101. The third-order valence-corrected chi connectivity index (χ3v) is 9.61. The van der Waals surface area contributed by atoms with Crippen LogP contribution in [0.15, 0.2) is 103 Å². The van der Waals surface area contributed by atoms with E-state index >= 15 is 0 Å². The zero-order valence-corrected chi connectivity index (χ0v) is 25.1. The third-order valence-electron chi connectivity index (χ3n) is 9.61. The first kappa shape index (κ1) is 29.3. The van der Waals surface area contributed by atoms with Crippen molar-refractivity contribution in [3.63, 3.8) is 0 Å². The summed E-state index contributed by atoms with van der Waals surface area (Å²) in [7, 11) is 0. The SMILES string of the molecule is Cc1ccc(C(=O)Oc2ccc(C(=O)COC(=O)c3ccc(N4C(=O)[C@@H]5[C@@H]6C[C@@H]([C@@H]5C4=O)[C@@H](c4ccccc4)C6)cc3)cc2)cc1. The Balaban J connectivity index is 0.946. The molecule has 0 aromatic heterocycles. The normalized spacial score (nSPS) is 22.9. The predicted molar refractivity (Wildman–Crippen MR) is 169 cm³/mol. The van der Waals surface area contributed by atoms with Gasteiger partial charge in [-0.1, -0.05) is 48.0 Å². The molecule has 3 aliphatic rings. The van der Waals surface area contributed by atoms with Crippen LogP contribution < -0.4 is 9.64 Å². The van der Waals surface area contributed by atoms with Crippen LogP contribution in [0.5, 0.6) is 5.75 Å². The predicted octanol–water partition coefficient (Wildman–Crippen LogP) is 6.18. The van der Waals surface area contributed by atoms with Crippen LogP contribution in [0.2, 0.25) is 0 Å². The number of benzene rings is 4. The number of rotatable bonds is 8. The summed E-state index contributed by atoms with van der Waals surface area (Å²) >= 11 is 0. The van der Waals surface area contributed by atoms with Crippen molar-refractivity contribution in [2.45, 2.75) is 25.7 Å². The van der Waals surface area contributed by atoms with E-state index in [9.17, 15) is 24.0 Å². The Hall–Kier alpha value is -5.37. The number of hydrogen-bond acceptors (Lipinski definition) is 7. The van der Waals surface area contributed by atoms with E-state index in [1.807, 2.05) is 37.3 Å². The van der Waals surface area contributed by atoms with Gasteiger partial charge in [0.05, 0.1) is 28.7 Å². The van der Waals surface area contributed by atoms with Gasteiger partial charge in [0.15, 0.2) is 12.4 Å². The number of carbonyl (C=O) groups is 5. The lowest BCUT2D eigenvalue weighted by molar-refractivity contribution is -0.123. The molecule has 2 saturated carbocycles. The average Bonchev–Trinajstić information content (AvgIpc) is 3.75. The van der Waals surface area contributed by atoms with Crippen LogP contribution in [0.25, 0.3) is 0 Å². The molecule has 8 heteroatoms. The maximum atomic E-state index is 13.6. The summed E-state index contributed by atoms with van der Waals surface area (Å²) in [6.07, 6.45) is 1.81. The molecule has 2 bridgehead atoms. The summed E-state index contributed by atoms with van der Waals surface area (Å²) in [6.45, 7) is 1.44. The van der Waals surface area contributed by atoms with E-state index < -0.39 is 24.3 Å². The van der Waals surface area contributed by atoms with E-state index in [1.54, 1.807) is 24.3 Å². The van der Waals surface area contributed by atoms with Crippen molar-refractivity contribution >= 4 is 35.2 Å². The number of amides is 2. The fourth-order valence-electron chi connectivity index (χ4n) is 7.41. The Morgan fingerprint density at radius 2 is 1.30 bits per heavy atom. The largest absolute Gasteiger partial charge is 0.454 e. The molecule has 46 heavy (non-hydrogen) atoms. The van der Waals surface area contributed by atoms with Crippen LogP contribution in [0.4, 0.5) is 5.69 Å². The molecule has 7 rings (SSSR count). The van der Waals surface area contributed by atoms with Gasteiger partial charge in [-0.3, -0.25) is 19.3 Å². The molecule has 0 radical (unpaired) electrons. The van der Waals surface area contributed by atoms with E-state index in [1.165, 1.54) is 46.9 Å². The minimum absolute atomic E-state index is 0.149. The number of nitrogens with zero attached hydrogens (tertiary/aromatic N) is 1. The number of ether oxygens (including phenoxy) is 2. The number of esters is 2. The zero-order chi connectivity index (χ0) is 31.9. The molecule has 1 aliphatic heterocycles. The van der Waals surface area contributed by atoms with Gasteiger partial charge >= 0.3 is 11.9 Å². The van der Waals surface area contributed by atoms with Gasteiger partial charge in [-0.25, -0.2) is 9.59 Å². The lowest BCUT2D eigenvalue weighted by atomic mass is 9.73. The van der Waals surface area contributed by atoms with E-state index in [4.69, 9.17) is 9.47 Å². The maximum Gasteiger partial charge on any atom is 0.343 e. The molecule has 0 spiro atoms. The van der Waals surface area contributed by atoms with Gasteiger partial charge in [0, 0.05) is 5.56 Å². The van der Waals surface area contributed by atoms with E-state index in [-0.39, 0.29) is 52.7 Å². The van der Waals surface area contributed by atoms with E-state index in [0.29, 0.717) is 16.8 Å². The van der Waals surface area contributed by atoms with Crippen LogP contribution >= 0.6 is 0 Å². The summed E-state index contributed by atoms with van der Waals surface area (Å²) in [5, 5.41) is 0. The Morgan fingerprint density at radius 1 is 0.696 bits per heavy atom. The minimum Gasteiger partial charge on any atom is -0.454 e. The number of hydrogen-bond donors (Lipinski definition) is 0. The Bertz CT molecular complexity index is 1830. The molecular weight excluding hydrogens is 582 g/mol. The summed E-state index contributed by atoms with van der Waals surface area (Å²) in [4.78, 5) is 66.1. The molecule has 4 aromatic rings. The number of Topliss-reactive ketones (excluding diaryl/α,β-unsaturated/α-hetero) is 1. The highest BCUT2D eigenvalue weighted by atomic mass is 16.5. The zero-order valence-electron chi connectivity index (χ0n) is 25.1. The second-order valence-electron chi connectivity index (χ2n) is 12.3. The fourth-order valence-corrected chi connectivity index (χ4v) is 7.41. The Morgan fingerprint density at radius 3 is 2.00 bits per heavy atom. The van der Waals surface area contributed by atoms with Crippen molar-refractivity contribution in [1.29, 1.82) is 0 Å². The van der Waals surface area contributed by atoms with Crippen molar-refractivity contribution in [3.05, 3.63) is 131 Å². The highest BCUT2D eigenvalue weighted by molar-refractivity contribution is 6.22. The first-order chi connectivity index (χ1) is 22.3. The second kappa shape index (κ2) is 11.9. The smallest absolute Gasteiger partial charge is 0.343 e. The topological polar surface area (TPSA) is 107 Å². The fraction of sp³-hybridized carbons (Fsp3) is 0.237. The van der Waals surface area contributed by atoms with Crippen molar-refractivity contribution in [2.75, 3.05) is 11.5 Å². The second-order valence-corrected chi connectivity index (χ2v) is 12.3. The lowest BCUT2D eigenvalue weighted by Crippen LogP contribution is -2.33. The first-order valence-corrected chi connectivity index (χ1v) is 15.4. The van der Waals surface area contributed by atoms with Gasteiger partial charge in [0.25, 0.3) is 0 Å². The minimum atomic E-state index is -0.705. The Kier molecular flexibility index (Phi) is 7.56. The van der Waals surface area contributed by atoms with Crippen LogP contribution in [0.1, 0.15) is 61.0 Å². The monoisotopic (exact) mass is 613 g/mol. The van der Waals surface area contributed by atoms with Gasteiger partial charge in [-0.15, -0.1) is 0 Å². The standard InChI is InChI=1S/C38H31NO7/c1-22-7-9-26(10-8-22)38(44)46-29-17-13-24(14-18-29)32(40)21-45-37(43)25-11-15-28(16-12-25)39-35(41)33-27-19-30(23-5-3-2-4-6-23)31(20-27)34(33)36(39)42/h2-18,27,30-31,33-34H,19-21H2,1H3/t27-,30+,31+,33+,34-/m0/s1. The average molecular weight is 614 g/mol. The molecule has 1 saturated heterocycles. The number of aryl methyl sites for hydroxylation is 1. The lowest BCUT2D eigenvalue weighted by Gasteiger charge is -2.28. The highest BCUT2D eigenvalue weighted by Crippen LogP contribution is 2.61. The number of fused-ring (bicyclic) bond motifs is 5. The van der Waals surface area contributed by atoms with Crippen molar-refractivity contribution < 1.29 is 33.4 Å². The van der Waals surface area contributed by atoms with Crippen LogP contribution in [-0.4, -0.2) is 36.1 Å². The van der Waals surface area contributed by atoms with Crippen LogP contribution in [-0.2, 0) is 14.3 Å². The number of carbonyl (C=O) groups excluding carboxylic acids is 5. The molecule has 1 heterocycles. The van der Waals surface area contributed by atoms with Gasteiger partial charge in [0.2, 0.25) is 11.8 Å². The summed E-state index contributed by atoms with van der Waals surface area (Å²) < 4.78 is 10.6. The van der Waals surface area contributed by atoms with Gasteiger partial charge in [-0.05, 0) is 104 Å². The molecule has 230 valence electrons. The molecule has 0 unspecified atom stereocenters. The summed E-state index contributed by atoms with van der Waals surface area (Å²) in [6, 6.07) is 29.3. The summed E-state index contributed by atoms with van der Waals surface area (Å²) in [5.41, 5.74) is 3.58. The number of anilines is 1. The number of imide groups is 1. The highest BCUT2D eigenvalue weighted by Gasteiger charge is 2.64. The van der Waals surface area contributed by atoms with Gasteiger partial charge < -0.3 is 9.47 Å². The molecular formula is C38H31NO7. The van der Waals surface area contributed by atoms with E-state index in [2.05, 4.69) is 12.1 Å². The van der Waals surface area contributed by atoms with Crippen molar-refractivity contribution in [3.8, 4) is 5.75 Å². The first-order valence-electron chi connectivity index (χ1n) is 15.4. The third kappa shape index (κ3) is 5.30. The van der Waals surface area contributed by atoms with Crippen LogP contribution in [0.3, 0.4) is 0 Å². The molecule has 2 aliphatic carbocycles. The molecule has 0 N–H and O–H groups in total. The molecule has 4 aromatic carbocycles. The molecule has 5 atom stereocenters. The van der Waals surface area contributed by atoms with Crippen LogP contribution in [0, 0.1) is 30.6 Å². The van der Waals surface area contributed by atoms with Crippen molar-refractivity contribution in [2.24, 2.45) is 23.7 Å². The van der Waals surface area contributed by atoms with Gasteiger partial charge in [0.1, 0.15) is 5.75 Å². The number of ketones is 1. The molecule has 3 fully saturated rings. The molecule has 8 nitrogen and oxygen atoms in total. The summed E-state index contributed by atoms with van der Waals surface area (Å²) in [5.74, 6) is -1.68. The van der Waals surface area contributed by atoms with Gasteiger partial charge in [-0.2, -0.15) is 0 Å². The van der Waals surface area contributed by atoms with E-state index in [0.717, 1.165) is 18.4 Å². The van der Waals surface area contributed by atoms with Crippen molar-refractivity contribution in [1.82, 2.24) is 0 Å². The maximum absolute atomic E-state index is 13.6.